The fourth-order valence-corrected chi connectivity index (χ4v) is 3.54. The molecule has 8 heteroatoms. The van der Waals surface area contributed by atoms with Gasteiger partial charge in [0.05, 0.1) is 23.5 Å². The van der Waals surface area contributed by atoms with Crippen LogP contribution in [0.3, 0.4) is 0 Å². The minimum atomic E-state index is -2.58. The smallest absolute Gasteiger partial charge is 0.288 e. The molecule has 0 saturated carbocycles. The first-order chi connectivity index (χ1) is 13.0. The van der Waals surface area contributed by atoms with Crippen molar-refractivity contribution in [3.05, 3.63) is 76.6 Å². The fraction of sp³-hybridized carbons (Fsp3) is 0.158. The highest BCUT2D eigenvalue weighted by Crippen LogP contribution is 2.32. The van der Waals surface area contributed by atoms with Crippen LogP contribution in [0, 0.1) is 6.92 Å². The second-order valence-corrected chi connectivity index (χ2v) is 7.11. The number of carbonyl (C=O) groups is 1. The zero-order valence-electron chi connectivity index (χ0n) is 14.3. The van der Waals surface area contributed by atoms with E-state index in [-0.39, 0.29) is 15.6 Å². The van der Waals surface area contributed by atoms with Gasteiger partial charge in [0.25, 0.3) is 11.7 Å². The molecule has 0 unspecified atom stereocenters. The Kier molecular flexibility index (Phi) is 6.13. The fourth-order valence-electron chi connectivity index (χ4n) is 2.63. The van der Waals surface area contributed by atoms with Crippen LogP contribution in [-0.2, 0) is 6.54 Å². The molecule has 0 aliphatic carbocycles. The minimum absolute atomic E-state index is 0.202. The first-order valence-corrected chi connectivity index (χ1v) is 9.33. The Morgan fingerprint density at radius 2 is 1.85 bits per heavy atom. The van der Waals surface area contributed by atoms with Crippen LogP contribution < -0.4 is 5.32 Å². The highest BCUT2D eigenvalue weighted by Gasteiger charge is 2.21. The highest BCUT2D eigenvalue weighted by atomic mass is 35.5. The summed E-state index contributed by atoms with van der Waals surface area (Å²) in [6, 6.07) is 16.0. The number of alkyl halides is 2. The van der Waals surface area contributed by atoms with Crippen molar-refractivity contribution in [3.8, 4) is 0 Å². The standard InChI is InChI=1S/C19H16ClF2N3OS/c1-12-16(17(20)25(24-12)11-13-7-3-2-4-8-13)18(26)23-14-9-5-6-10-15(14)27-19(21)22/h2-10,19H,11H2,1H3,(H,23,26). The molecule has 140 valence electrons. The predicted molar refractivity (Wildman–Crippen MR) is 104 cm³/mol. The number of benzene rings is 2. The number of hydrogen-bond donors (Lipinski definition) is 1. The number of carbonyl (C=O) groups excluding carboxylic acids is 1. The predicted octanol–water partition coefficient (Wildman–Crippen LogP) is 5.46. The maximum absolute atomic E-state index is 12.7. The molecule has 0 aliphatic heterocycles. The Morgan fingerprint density at radius 3 is 2.56 bits per heavy atom. The SMILES string of the molecule is Cc1nn(Cc2ccccc2)c(Cl)c1C(=O)Nc1ccccc1SC(F)F. The molecule has 0 aliphatic rings. The lowest BCUT2D eigenvalue weighted by Crippen LogP contribution is -2.14. The summed E-state index contributed by atoms with van der Waals surface area (Å²) in [6.45, 7) is 2.10. The summed E-state index contributed by atoms with van der Waals surface area (Å²) in [5, 5.41) is 7.20. The van der Waals surface area contributed by atoms with Gasteiger partial charge in [0.15, 0.2) is 0 Å². The second kappa shape index (κ2) is 8.54. The van der Waals surface area contributed by atoms with Crippen LogP contribution in [-0.4, -0.2) is 21.4 Å². The molecular weight excluding hydrogens is 392 g/mol. The molecule has 1 aromatic heterocycles. The lowest BCUT2D eigenvalue weighted by atomic mass is 10.2. The number of aryl methyl sites for hydroxylation is 1. The number of amides is 1. The van der Waals surface area contributed by atoms with E-state index in [2.05, 4.69) is 10.4 Å². The Bertz CT molecular complexity index is 947. The minimum Gasteiger partial charge on any atom is -0.321 e. The molecule has 4 nitrogen and oxygen atoms in total. The monoisotopic (exact) mass is 407 g/mol. The zero-order chi connectivity index (χ0) is 19.4. The summed E-state index contributed by atoms with van der Waals surface area (Å²) in [6.07, 6.45) is 0. The summed E-state index contributed by atoms with van der Waals surface area (Å²) < 4.78 is 27.0. The summed E-state index contributed by atoms with van der Waals surface area (Å²) in [4.78, 5) is 13.0. The molecule has 1 heterocycles. The zero-order valence-corrected chi connectivity index (χ0v) is 15.9. The first kappa shape index (κ1) is 19.4. The molecule has 0 fully saturated rings. The number of nitrogens with one attached hydrogen (secondary N) is 1. The van der Waals surface area contributed by atoms with Crippen LogP contribution >= 0.6 is 23.4 Å². The number of anilines is 1. The summed E-state index contributed by atoms with van der Waals surface area (Å²) >= 11 is 6.75. The van der Waals surface area contributed by atoms with E-state index in [1.165, 1.54) is 6.07 Å². The number of nitrogens with zero attached hydrogens (tertiary/aromatic N) is 2. The Hall–Kier alpha value is -2.38. The third-order valence-electron chi connectivity index (χ3n) is 3.82. The molecule has 0 spiro atoms. The van der Waals surface area contributed by atoms with Crippen LogP contribution in [0.4, 0.5) is 14.5 Å². The quantitative estimate of drug-likeness (QED) is 0.552. The second-order valence-electron chi connectivity index (χ2n) is 5.72. The summed E-state index contributed by atoms with van der Waals surface area (Å²) in [5.41, 5.74) is 1.99. The molecule has 3 aromatic rings. The highest BCUT2D eigenvalue weighted by molar-refractivity contribution is 7.99. The van der Waals surface area contributed by atoms with E-state index in [1.807, 2.05) is 30.3 Å². The average molecular weight is 408 g/mol. The lowest BCUT2D eigenvalue weighted by molar-refractivity contribution is 0.102. The third kappa shape index (κ3) is 4.67. The van der Waals surface area contributed by atoms with Gasteiger partial charge in [0, 0.05) is 4.90 Å². The van der Waals surface area contributed by atoms with Gasteiger partial charge in [-0.3, -0.25) is 4.79 Å². The van der Waals surface area contributed by atoms with Crippen molar-refractivity contribution in [1.82, 2.24) is 9.78 Å². The van der Waals surface area contributed by atoms with Crippen molar-refractivity contribution in [3.63, 3.8) is 0 Å². The van der Waals surface area contributed by atoms with E-state index in [1.54, 1.807) is 29.8 Å². The molecule has 0 atom stereocenters. The maximum Gasteiger partial charge on any atom is 0.288 e. The van der Waals surface area contributed by atoms with Crippen LogP contribution in [0.15, 0.2) is 59.5 Å². The van der Waals surface area contributed by atoms with E-state index in [0.29, 0.717) is 29.7 Å². The van der Waals surface area contributed by atoms with Crippen LogP contribution in [0.2, 0.25) is 5.15 Å². The van der Waals surface area contributed by atoms with Gasteiger partial charge in [-0.05, 0) is 24.6 Å². The largest absolute Gasteiger partial charge is 0.321 e. The van der Waals surface area contributed by atoms with E-state index >= 15 is 0 Å². The van der Waals surface area contributed by atoms with Crippen molar-refractivity contribution in [2.24, 2.45) is 0 Å². The summed E-state index contributed by atoms with van der Waals surface area (Å²) in [5.74, 6) is -3.07. The maximum atomic E-state index is 12.7. The van der Waals surface area contributed by atoms with Crippen LogP contribution in [0.5, 0.6) is 0 Å². The molecule has 3 rings (SSSR count). The van der Waals surface area contributed by atoms with Gasteiger partial charge in [-0.1, -0.05) is 65.8 Å². The Morgan fingerprint density at radius 1 is 1.19 bits per heavy atom. The number of aromatic nitrogens is 2. The topological polar surface area (TPSA) is 46.9 Å². The molecule has 1 N–H and O–H groups in total. The normalized spacial score (nSPS) is 11.0. The van der Waals surface area contributed by atoms with Crippen molar-refractivity contribution >= 4 is 35.0 Å². The number of hydrogen-bond acceptors (Lipinski definition) is 3. The Balaban J connectivity index is 1.84. The van der Waals surface area contributed by atoms with Gasteiger partial charge < -0.3 is 5.32 Å². The van der Waals surface area contributed by atoms with Gasteiger partial charge >= 0.3 is 0 Å². The van der Waals surface area contributed by atoms with Gasteiger partial charge in [-0.15, -0.1) is 0 Å². The first-order valence-electron chi connectivity index (χ1n) is 8.07. The molecule has 1 amide bonds. The number of halogens is 3. The van der Waals surface area contributed by atoms with Gasteiger partial charge in [-0.2, -0.15) is 13.9 Å². The van der Waals surface area contributed by atoms with Gasteiger partial charge in [0.2, 0.25) is 0 Å². The van der Waals surface area contributed by atoms with Crippen molar-refractivity contribution in [2.45, 2.75) is 24.1 Å². The molecule has 0 radical (unpaired) electrons. The van der Waals surface area contributed by atoms with Crippen molar-refractivity contribution in [1.29, 1.82) is 0 Å². The lowest BCUT2D eigenvalue weighted by Gasteiger charge is -2.10. The van der Waals surface area contributed by atoms with Crippen molar-refractivity contribution < 1.29 is 13.6 Å². The molecule has 0 saturated heterocycles. The van der Waals surface area contributed by atoms with E-state index < -0.39 is 11.7 Å². The van der Waals surface area contributed by atoms with Crippen LogP contribution in [0.25, 0.3) is 0 Å². The average Bonchev–Trinajstić information content (AvgIpc) is 2.90. The molecule has 2 aromatic carbocycles. The Labute approximate surface area is 164 Å². The number of rotatable bonds is 6. The molecule has 27 heavy (non-hydrogen) atoms. The van der Waals surface area contributed by atoms with E-state index in [0.717, 1.165) is 5.56 Å². The summed E-state index contributed by atoms with van der Waals surface area (Å²) in [7, 11) is 0. The molecular formula is C19H16ClF2N3OS. The van der Waals surface area contributed by atoms with Crippen LogP contribution in [0.1, 0.15) is 21.6 Å². The molecule has 0 bridgehead atoms. The number of para-hydroxylation sites is 1. The van der Waals surface area contributed by atoms with Gasteiger partial charge in [-0.25, -0.2) is 4.68 Å². The van der Waals surface area contributed by atoms with E-state index in [4.69, 9.17) is 11.6 Å². The third-order valence-corrected chi connectivity index (χ3v) is 4.99. The number of thioether (sulfide) groups is 1. The van der Waals surface area contributed by atoms with Crippen molar-refractivity contribution in [2.75, 3.05) is 5.32 Å². The van der Waals surface area contributed by atoms with E-state index in [9.17, 15) is 13.6 Å². The van der Waals surface area contributed by atoms with Gasteiger partial charge in [0.1, 0.15) is 5.15 Å².